The molecule has 1 aliphatic heterocycles. The lowest BCUT2D eigenvalue weighted by Gasteiger charge is -2.25. The molecular formula is C13H28N4. The lowest BCUT2D eigenvalue weighted by molar-refractivity contribution is 0.260. The predicted octanol–water partition coefficient (Wildman–Crippen LogP) is 1.36. The molecule has 0 aromatic rings. The third-order valence-electron chi connectivity index (χ3n) is 3.98. The Morgan fingerprint density at radius 2 is 2.12 bits per heavy atom. The van der Waals surface area contributed by atoms with Crippen LogP contribution in [0.4, 0.5) is 0 Å². The maximum Gasteiger partial charge on any atom is 0.0963 e. The minimum absolute atomic E-state index is 0.138. The summed E-state index contributed by atoms with van der Waals surface area (Å²) in [5.74, 6) is 0.310. The van der Waals surface area contributed by atoms with Crippen molar-refractivity contribution in [2.75, 3.05) is 33.7 Å². The molecule has 1 saturated heterocycles. The lowest BCUT2D eigenvalue weighted by atomic mass is 9.86. The van der Waals surface area contributed by atoms with E-state index in [-0.39, 0.29) is 5.41 Å². The Hall–Kier alpha value is -0.610. The van der Waals surface area contributed by atoms with Gasteiger partial charge in [0.25, 0.3) is 0 Å². The highest BCUT2D eigenvalue weighted by Crippen LogP contribution is 2.22. The minimum atomic E-state index is -0.138. The second kappa shape index (κ2) is 5.83. The van der Waals surface area contributed by atoms with Gasteiger partial charge in [-0.1, -0.05) is 13.8 Å². The highest BCUT2D eigenvalue weighted by atomic mass is 15.2. The maximum atomic E-state index is 7.53. The zero-order chi connectivity index (χ0) is 13.1. The molecule has 0 radical (unpaired) electrons. The molecule has 0 aromatic heterocycles. The molecule has 3 N–H and O–H groups in total. The molecule has 1 heterocycles. The summed E-state index contributed by atoms with van der Waals surface area (Å²) in [5.41, 5.74) is 5.45. The molecule has 1 atom stereocenters. The van der Waals surface area contributed by atoms with E-state index >= 15 is 0 Å². The molecule has 100 valence electrons. The summed E-state index contributed by atoms with van der Waals surface area (Å²) in [4.78, 5) is 4.85. The van der Waals surface area contributed by atoms with E-state index in [9.17, 15) is 0 Å². The number of hydrogen-bond acceptors (Lipinski definition) is 3. The van der Waals surface area contributed by atoms with Crippen molar-refractivity contribution >= 4 is 5.84 Å². The van der Waals surface area contributed by atoms with E-state index < -0.39 is 0 Å². The smallest absolute Gasteiger partial charge is 0.0963 e. The van der Waals surface area contributed by atoms with Crippen molar-refractivity contribution in [2.24, 2.45) is 11.1 Å². The Morgan fingerprint density at radius 3 is 2.59 bits per heavy atom. The number of hydrogen-bond donors (Lipinski definition) is 2. The van der Waals surface area contributed by atoms with Gasteiger partial charge < -0.3 is 15.5 Å². The van der Waals surface area contributed by atoms with Gasteiger partial charge in [-0.2, -0.15) is 0 Å². The Labute approximate surface area is 106 Å². The van der Waals surface area contributed by atoms with Crippen molar-refractivity contribution in [3.63, 3.8) is 0 Å². The second-order valence-electron chi connectivity index (χ2n) is 6.11. The van der Waals surface area contributed by atoms with Crippen LogP contribution in [0.1, 0.15) is 33.1 Å². The Kier molecular flexibility index (Phi) is 4.95. The van der Waals surface area contributed by atoms with Gasteiger partial charge in [0.2, 0.25) is 0 Å². The molecule has 1 rings (SSSR count). The predicted molar refractivity (Wildman–Crippen MR) is 73.5 cm³/mol. The quantitative estimate of drug-likeness (QED) is 0.544. The van der Waals surface area contributed by atoms with Gasteiger partial charge in [-0.3, -0.25) is 5.41 Å². The number of amidine groups is 1. The van der Waals surface area contributed by atoms with E-state index in [0.29, 0.717) is 5.84 Å². The topological polar surface area (TPSA) is 56.4 Å². The largest absolute Gasteiger partial charge is 0.387 e. The lowest BCUT2D eigenvalue weighted by Crippen LogP contribution is -2.33. The summed E-state index contributed by atoms with van der Waals surface area (Å²) >= 11 is 0. The number of likely N-dealkylation sites (tertiary alicyclic amines) is 1. The summed E-state index contributed by atoms with van der Waals surface area (Å²) in [6.45, 7) is 7.65. The number of rotatable bonds is 6. The average Bonchev–Trinajstić information content (AvgIpc) is 2.66. The molecule has 1 unspecified atom stereocenters. The fourth-order valence-corrected chi connectivity index (χ4v) is 2.32. The summed E-state index contributed by atoms with van der Waals surface area (Å²) in [6.07, 6.45) is 3.42. The average molecular weight is 240 g/mol. The first-order valence-electron chi connectivity index (χ1n) is 6.56. The number of nitrogens with zero attached hydrogens (tertiary/aromatic N) is 2. The first kappa shape index (κ1) is 14.5. The maximum absolute atomic E-state index is 7.53. The molecule has 0 saturated carbocycles. The van der Waals surface area contributed by atoms with Crippen LogP contribution in [-0.2, 0) is 0 Å². The highest BCUT2D eigenvalue weighted by Gasteiger charge is 2.25. The van der Waals surface area contributed by atoms with Crippen LogP contribution in [0.5, 0.6) is 0 Å². The molecule has 1 aliphatic rings. The van der Waals surface area contributed by atoms with Crippen molar-refractivity contribution in [1.82, 2.24) is 9.80 Å². The van der Waals surface area contributed by atoms with Crippen molar-refractivity contribution in [2.45, 2.75) is 39.2 Å². The molecule has 0 spiro atoms. The molecule has 0 aromatic carbocycles. The van der Waals surface area contributed by atoms with Gasteiger partial charge in [0.15, 0.2) is 0 Å². The van der Waals surface area contributed by atoms with Gasteiger partial charge >= 0.3 is 0 Å². The van der Waals surface area contributed by atoms with Gasteiger partial charge in [-0.25, -0.2) is 0 Å². The standard InChI is InChI=1S/C13H28N4/c1-13(2,12(14)15)7-5-8-17-9-6-11(10-17)16(3)4/h11H,5-10H2,1-4H3,(H3,14,15). The van der Waals surface area contributed by atoms with Crippen LogP contribution < -0.4 is 5.73 Å². The zero-order valence-electron chi connectivity index (χ0n) is 11.8. The van der Waals surface area contributed by atoms with E-state index in [1.165, 1.54) is 19.5 Å². The monoisotopic (exact) mass is 240 g/mol. The van der Waals surface area contributed by atoms with Gasteiger partial charge in [-0.05, 0) is 46.4 Å². The molecule has 4 heteroatoms. The third kappa shape index (κ3) is 4.28. The number of nitrogens with two attached hydrogens (primary N) is 1. The van der Waals surface area contributed by atoms with Crippen molar-refractivity contribution in [3.05, 3.63) is 0 Å². The molecule has 0 bridgehead atoms. The Balaban J connectivity index is 2.23. The van der Waals surface area contributed by atoms with Gasteiger partial charge in [0, 0.05) is 18.0 Å². The number of nitrogens with one attached hydrogen (secondary N) is 1. The molecule has 1 fully saturated rings. The fourth-order valence-electron chi connectivity index (χ4n) is 2.32. The third-order valence-corrected chi connectivity index (χ3v) is 3.98. The van der Waals surface area contributed by atoms with Crippen molar-refractivity contribution in [1.29, 1.82) is 5.41 Å². The first-order chi connectivity index (χ1) is 7.83. The molecule has 0 amide bonds. The van der Waals surface area contributed by atoms with Crippen LogP contribution in [0.15, 0.2) is 0 Å². The minimum Gasteiger partial charge on any atom is -0.387 e. The number of likely N-dealkylation sites (N-methyl/N-ethyl adjacent to an activating group) is 1. The first-order valence-corrected chi connectivity index (χ1v) is 6.56. The van der Waals surface area contributed by atoms with Crippen LogP contribution in [0.25, 0.3) is 0 Å². The van der Waals surface area contributed by atoms with Crippen LogP contribution in [-0.4, -0.2) is 55.4 Å². The van der Waals surface area contributed by atoms with E-state index in [4.69, 9.17) is 11.1 Å². The van der Waals surface area contributed by atoms with Crippen LogP contribution >= 0.6 is 0 Å². The van der Waals surface area contributed by atoms with Crippen LogP contribution in [0.3, 0.4) is 0 Å². The summed E-state index contributed by atoms with van der Waals surface area (Å²) in [7, 11) is 4.32. The SMILES string of the molecule is CN(C)C1CCN(CCCC(C)(C)C(=N)N)C1. The van der Waals surface area contributed by atoms with E-state index in [1.54, 1.807) is 0 Å². The zero-order valence-corrected chi connectivity index (χ0v) is 11.8. The summed E-state index contributed by atoms with van der Waals surface area (Å²) in [6, 6.07) is 0.718. The molecule has 0 aliphatic carbocycles. The molecule has 4 nitrogen and oxygen atoms in total. The Bertz CT molecular complexity index is 260. The summed E-state index contributed by atoms with van der Waals surface area (Å²) < 4.78 is 0. The van der Waals surface area contributed by atoms with E-state index in [0.717, 1.165) is 25.4 Å². The van der Waals surface area contributed by atoms with Gasteiger partial charge in [-0.15, -0.1) is 0 Å². The molecular weight excluding hydrogens is 212 g/mol. The highest BCUT2D eigenvalue weighted by molar-refractivity contribution is 5.82. The van der Waals surface area contributed by atoms with Crippen LogP contribution in [0, 0.1) is 10.8 Å². The Morgan fingerprint density at radius 1 is 1.47 bits per heavy atom. The van der Waals surface area contributed by atoms with Gasteiger partial charge in [0.1, 0.15) is 0 Å². The van der Waals surface area contributed by atoms with Crippen molar-refractivity contribution < 1.29 is 0 Å². The van der Waals surface area contributed by atoms with E-state index in [1.807, 2.05) is 0 Å². The normalized spacial score (nSPS) is 22.3. The summed E-state index contributed by atoms with van der Waals surface area (Å²) in [5, 5.41) is 7.53. The van der Waals surface area contributed by atoms with Gasteiger partial charge in [0.05, 0.1) is 5.84 Å². The fraction of sp³-hybridized carbons (Fsp3) is 0.923. The second-order valence-corrected chi connectivity index (χ2v) is 6.11. The van der Waals surface area contributed by atoms with E-state index in [2.05, 4.69) is 37.7 Å². The molecule has 17 heavy (non-hydrogen) atoms. The van der Waals surface area contributed by atoms with Crippen LogP contribution in [0.2, 0.25) is 0 Å². The van der Waals surface area contributed by atoms with Crippen molar-refractivity contribution in [3.8, 4) is 0 Å².